The summed E-state index contributed by atoms with van der Waals surface area (Å²) < 4.78 is 12.0. The molecular formula is C7H10FNO2. The number of rotatable bonds is 1. The summed E-state index contributed by atoms with van der Waals surface area (Å²) in [5.41, 5.74) is 5.86. The topological polar surface area (TPSA) is 63.3 Å². The molecule has 1 saturated carbocycles. The number of carboxylic acids is 1. The lowest BCUT2D eigenvalue weighted by atomic mass is 10.1. The maximum atomic E-state index is 12.0. The minimum Gasteiger partial charge on any atom is -0.481 e. The van der Waals surface area contributed by atoms with Crippen LogP contribution in [0.25, 0.3) is 0 Å². The van der Waals surface area contributed by atoms with Gasteiger partial charge in [-0.25, -0.2) is 4.39 Å². The molecule has 0 aromatic rings. The molecule has 0 bridgehead atoms. The van der Waals surface area contributed by atoms with E-state index in [1.807, 2.05) is 0 Å². The summed E-state index contributed by atoms with van der Waals surface area (Å²) in [6.45, 7) is 0. The van der Waals surface area contributed by atoms with E-state index in [0.29, 0.717) is 18.3 Å². The molecule has 0 radical (unpaired) electrons. The van der Waals surface area contributed by atoms with Crippen LogP contribution in [-0.2, 0) is 4.79 Å². The summed E-state index contributed by atoms with van der Waals surface area (Å²) in [7, 11) is 0. The molecule has 3 nitrogen and oxygen atoms in total. The van der Waals surface area contributed by atoms with Gasteiger partial charge in [0.25, 0.3) is 0 Å². The SMILES string of the molecule is NC1CC(C(=O)O)CC1=CF. The van der Waals surface area contributed by atoms with Crippen molar-refractivity contribution in [3.63, 3.8) is 0 Å². The second-order valence-corrected chi connectivity index (χ2v) is 2.77. The smallest absolute Gasteiger partial charge is 0.306 e. The fourth-order valence-corrected chi connectivity index (χ4v) is 1.29. The molecule has 0 spiro atoms. The fourth-order valence-electron chi connectivity index (χ4n) is 1.29. The van der Waals surface area contributed by atoms with Gasteiger partial charge in [-0.15, -0.1) is 0 Å². The Hall–Kier alpha value is -0.900. The molecule has 1 aliphatic rings. The lowest BCUT2D eigenvalue weighted by Gasteiger charge is -2.00. The first-order valence-corrected chi connectivity index (χ1v) is 3.42. The molecule has 2 unspecified atom stereocenters. The van der Waals surface area contributed by atoms with Gasteiger partial charge in [0, 0.05) is 6.04 Å². The molecule has 0 aliphatic heterocycles. The number of carboxylic acid groups (broad SMARTS) is 1. The van der Waals surface area contributed by atoms with Crippen molar-refractivity contribution in [2.24, 2.45) is 11.7 Å². The van der Waals surface area contributed by atoms with Crippen LogP contribution in [0.5, 0.6) is 0 Å². The summed E-state index contributed by atoms with van der Waals surface area (Å²) in [5.74, 6) is -1.38. The van der Waals surface area contributed by atoms with Gasteiger partial charge in [-0.3, -0.25) is 4.79 Å². The van der Waals surface area contributed by atoms with Gasteiger partial charge >= 0.3 is 5.97 Å². The molecule has 0 aromatic carbocycles. The highest BCUT2D eigenvalue weighted by molar-refractivity contribution is 5.71. The molecular weight excluding hydrogens is 149 g/mol. The molecule has 2 atom stereocenters. The highest BCUT2D eigenvalue weighted by Crippen LogP contribution is 2.29. The summed E-state index contributed by atoms with van der Waals surface area (Å²) >= 11 is 0. The monoisotopic (exact) mass is 159 g/mol. The highest BCUT2D eigenvalue weighted by Gasteiger charge is 2.31. The van der Waals surface area contributed by atoms with Gasteiger partial charge in [0.1, 0.15) is 0 Å². The Morgan fingerprint density at radius 3 is 2.73 bits per heavy atom. The minimum atomic E-state index is -0.891. The molecule has 3 N–H and O–H groups in total. The van der Waals surface area contributed by atoms with Crippen molar-refractivity contribution in [1.29, 1.82) is 0 Å². The summed E-state index contributed by atoms with van der Waals surface area (Å²) in [6, 6.07) is -0.402. The van der Waals surface area contributed by atoms with E-state index in [1.165, 1.54) is 0 Å². The van der Waals surface area contributed by atoms with E-state index in [0.717, 1.165) is 0 Å². The van der Waals surface area contributed by atoms with Crippen LogP contribution in [0.4, 0.5) is 4.39 Å². The number of nitrogens with two attached hydrogens (primary N) is 1. The van der Waals surface area contributed by atoms with Crippen LogP contribution in [-0.4, -0.2) is 17.1 Å². The number of hydrogen-bond acceptors (Lipinski definition) is 2. The van der Waals surface area contributed by atoms with E-state index in [2.05, 4.69) is 0 Å². The molecule has 0 amide bonds. The normalized spacial score (nSPS) is 34.5. The van der Waals surface area contributed by atoms with Crippen LogP contribution in [0.15, 0.2) is 11.9 Å². The van der Waals surface area contributed by atoms with E-state index in [1.54, 1.807) is 0 Å². The quantitative estimate of drug-likeness (QED) is 0.590. The second-order valence-electron chi connectivity index (χ2n) is 2.77. The average Bonchev–Trinajstić information content (AvgIpc) is 2.31. The zero-order valence-corrected chi connectivity index (χ0v) is 5.96. The first-order chi connectivity index (χ1) is 5.15. The van der Waals surface area contributed by atoms with Gasteiger partial charge in [-0.2, -0.15) is 0 Å². The number of hydrogen-bond donors (Lipinski definition) is 2. The third-order valence-corrected chi connectivity index (χ3v) is 1.99. The minimum absolute atomic E-state index is 0.257. The molecule has 0 heterocycles. The predicted octanol–water partition coefficient (Wildman–Crippen LogP) is 0.662. The molecule has 4 heteroatoms. The zero-order valence-electron chi connectivity index (χ0n) is 5.96. The first-order valence-electron chi connectivity index (χ1n) is 3.42. The van der Waals surface area contributed by atoms with Crippen LogP contribution < -0.4 is 5.73 Å². The van der Waals surface area contributed by atoms with Gasteiger partial charge in [-0.05, 0) is 18.4 Å². The number of carbonyl (C=O) groups is 1. The lowest BCUT2D eigenvalue weighted by Crippen LogP contribution is -2.18. The largest absolute Gasteiger partial charge is 0.481 e. The fraction of sp³-hybridized carbons (Fsp3) is 0.571. The molecule has 1 rings (SSSR count). The van der Waals surface area contributed by atoms with Gasteiger partial charge in [-0.1, -0.05) is 0 Å². The third-order valence-electron chi connectivity index (χ3n) is 1.99. The van der Waals surface area contributed by atoms with Gasteiger partial charge < -0.3 is 10.8 Å². The van der Waals surface area contributed by atoms with Gasteiger partial charge in [0.2, 0.25) is 0 Å². The van der Waals surface area contributed by atoms with E-state index >= 15 is 0 Å². The summed E-state index contributed by atoms with van der Waals surface area (Å²) in [4.78, 5) is 10.4. The maximum Gasteiger partial charge on any atom is 0.306 e. The van der Waals surface area contributed by atoms with Crippen LogP contribution in [0.1, 0.15) is 12.8 Å². The second kappa shape index (κ2) is 3.00. The summed E-state index contributed by atoms with van der Waals surface area (Å²) in [5, 5.41) is 8.54. The van der Waals surface area contributed by atoms with Crippen LogP contribution >= 0.6 is 0 Å². The zero-order chi connectivity index (χ0) is 8.43. The Balaban J connectivity index is 2.64. The van der Waals surface area contributed by atoms with Crippen molar-refractivity contribution in [2.75, 3.05) is 0 Å². The molecule has 11 heavy (non-hydrogen) atoms. The Labute approximate surface area is 63.7 Å². The van der Waals surface area contributed by atoms with Gasteiger partial charge in [0.05, 0.1) is 12.2 Å². The maximum absolute atomic E-state index is 12.0. The average molecular weight is 159 g/mol. The van der Waals surface area contributed by atoms with Crippen LogP contribution in [0, 0.1) is 5.92 Å². The molecule has 1 aliphatic carbocycles. The first kappa shape index (κ1) is 8.20. The molecule has 0 aromatic heterocycles. The summed E-state index contributed by atoms with van der Waals surface area (Å²) in [6.07, 6.45) is 1.03. The van der Waals surface area contributed by atoms with Gasteiger partial charge in [0.15, 0.2) is 0 Å². The highest BCUT2D eigenvalue weighted by atomic mass is 19.1. The lowest BCUT2D eigenvalue weighted by molar-refractivity contribution is -0.141. The number of halogens is 1. The molecule has 0 saturated heterocycles. The standard InChI is InChI=1S/C7H10FNO2/c8-3-5-1-4(7(10)11)2-6(5)9/h3-4,6H,1-2,9H2,(H,10,11). The predicted molar refractivity (Wildman–Crippen MR) is 37.5 cm³/mol. The van der Waals surface area contributed by atoms with E-state index < -0.39 is 17.9 Å². The van der Waals surface area contributed by atoms with Crippen molar-refractivity contribution in [3.8, 4) is 0 Å². The van der Waals surface area contributed by atoms with Crippen molar-refractivity contribution in [3.05, 3.63) is 11.9 Å². The van der Waals surface area contributed by atoms with Crippen LogP contribution in [0.2, 0.25) is 0 Å². The van der Waals surface area contributed by atoms with E-state index in [4.69, 9.17) is 10.8 Å². The Bertz CT molecular complexity index is 203. The Morgan fingerprint density at radius 1 is 1.82 bits per heavy atom. The number of aliphatic carboxylic acids is 1. The van der Waals surface area contributed by atoms with E-state index in [-0.39, 0.29) is 6.42 Å². The van der Waals surface area contributed by atoms with Crippen molar-refractivity contribution >= 4 is 5.97 Å². The Morgan fingerprint density at radius 2 is 2.45 bits per heavy atom. The molecule has 62 valence electrons. The Kier molecular flexibility index (Phi) is 2.24. The molecule has 1 fully saturated rings. The van der Waals surface area contributed by atoms with Crippen LogP contribution in [0.3, 0.4) is 0 Å². The van der Waals surface area contributed by atoms with Crippen molar-refractivity contribution < 1.29 is 14.3 Å². The van der Waals surface area contributed by atoms with Crippen molar-refractivity contribution in [1.82, 2.24) is 0 Å². The third kappa shape index (κ3) is 1.57. The van der Waals surface area contributed by atoms with E-state index in [9.17, 15) is 9.18 Å². The van der Waals surface area contributed by atoms with Crippen molar-refractivity contribution in [2.45, 2.75) is 18.9 Å².